The largest absolute Gasteiger partial charge is 0.478 e. The fraction of sp³-hybridized carbons (Fsp3) is 0.385. The van der Waals surface area contributed by atoms with Gasteiger partial charge in [0.05, 0.1) is 15.6 Å². The average molecular weight is 304 g/mol. The molecule has 0 aliphatic carbocycles. The summed E-state index contributed by atoms with van der Waals surface area (Å²) < 4.78 is 0. The summed E-state index contributed by atoms with van der Waals surface area (Å²) in [5, 5.41) is 11.9. The maximum atomic E-state index is 11.7. The van der Waals surface area contributed by atoms with Gasteiger partial charge in [-0.1, -0.05) is 50.0 Å². The molecule has 0 radical (unpaired) electrons. The minimum absolute atomic E-state index is 0.0502. The summed E-state index contributed by atoms with van der Waals surface area (Å²) in [6.07, 6.45) is 0. The van der Waals surface area contributed by atoms with E-state index in [0.717, 1.165) is 0 Å². The highest BCUT2D eigenvalue weighted by atomic mass is 35.5. The Balaban J connectivity index is 2.95. The van der Waals surface area contributed by atoms with E-state index in [1.807, 2.05) is 0 Å². The molecule has 6 heteroatoms. The van der Waals surface area contributed by atoms with Crippen LogP contribution in [0.3, 0.4) is 0 Å². The van der Waals surface area contributed by atoms with Crippen molar-refractivity contribution in [1.82, 2.24) is 5.32 Å². The first-order chi connectivity index (χ1) is 8.64. The maximum Gasteiger partial charge on any atom is 0.338 e. The molecule has 0 fully saturated rings. The van der Waals surface area contributed by atoms with Crippen LogP contribution in [0.4, 0.5) is 0 Å². The molecule has 19 heavy (non-hydrogen) atoms. The SMILES string of the molecule is CC(C)(C)C(=O)NCc1ccc(Cl)c(C(=O)O)c1Cl. The Labute approximate surface area is 121 Å². The van der Waals surface area contributed by atoms with E-state index < -0.39 is 11.4 Å². The summed E-state index contributed by atoms with van der Waals surface area (Å²) >= 11 is 11.8. The number of halogens is 2. The van der Waals surface area contributed by atoms with Gasteiger partial charge in [0.25, 0.3) is 0 Å². The standard InChI is InChI=1S/C13H15Cl2NO3/c1-13(2,3)12(19)16-6-7-4-5-8(14)9(10(7)15)11(17)18/h4-5H,6H2,1-3H3,(H,16,19)(H,17,18). The molecule has 2 N–H and O–H groups in total. The summed E-state index contributed by atoms with van der Waals surface area (Å²) in [6, 6.07) is 3.05. The molecule has 0 aliphatic heterocycles. The van der Waals surface area contributed by atoms with Gasteiger partial charge in [0, 0.05) is 12.0 Å². The second kappa shape index (κ2) is 5.80. The molecule has 0 saturated heterocycles. The van der Waals surface area contributed by atoms with Gasteiger partial charge in [-0.3, -0.25) is 4.79 Å². The highest BCUT2D eigenvalue weighted by Gasteiger charge is 2.22. The van der Waals surface area contributed by atoms with Gasteiger partial charge in [-0.05, 0) is 11.6 Å². The molecule has 0 bridgehead atoms. The summed E-state index contributed by atoms with van der Waals surface area (Å²) in [5.74, 6) is -1.34. The third kappa shape index (κ3) is 3.85. The molecule has 0 aliphatic rings. The highest BCUT2D eigenvalue weighted by Crippen LogP contribution is 2.28. The predicted octanol–water partition coefficient (Wildman–Crippen LogP) is 3.35. The fourth-order valence-corrected chi connectivity index (χ4v) is 1.97. The quantitative estimate of drug-likeness (QED) is 0.900. The lowest BCUT2D eigenvalue weighted by atomic mass is 9.95. The van der Waals surface area contributed by atoms with Crippen molar-refractivity contribution in [2.45, 2.75) is 27.3 Å². The van der Waals surface area contributed by atoms with Gasteiger partial charge in [-0.2, -0.15) is 0 Å². The molecule has 1 aromatic rings. The second-order valence-corrected chi connectivity index (χ2v) is 5.92. The van der Waals surface area contributed by atoms with Crippen molar-refractivity contribution in [2.75, 3.05) is 0 Å². The Morgan fingerprint density at radius 1 is 1.26 bits per heavy atom. The third-order valence-electron chi connectivity index (χ3n) is 2.51. The van der Waals surface area contributed by atoms with Crippen molar-refractivity contribution in [3.8, 4) is 0 Å². The molecule has 1 amide bonds. The van der Waals surface area contributed by atoms with E-state index in [4.69, 9.17) is 28.3 Å². The van der Waals surface area contributed by atoms with Gasteiger partial charge in [0.2, 0.25) is 5.91 Å². The molecule has 0 unspecified atom stereocenters. The Bertz CT molecular complexity index is 521. The molecule has 0 heterocycles. The van der Waals surface area contributed by atoms with Crippen LogP contribution in [-0.2, 0) is 11.3 Å². The van der Waals surface area contributed by atoms with Crippen molar-refractivity contribution >= 4 is 35.1 Å². The van der Waals surface area contributed by atoms with E-state index in [2.05, 4.69) is 5.32 Å². The summed E-state index contributed by atoms with van der Waals surface area (Å²) in [6.45, 7) is 5.52. The number of carbonyl (C=O) groups is 2. The smallest absolute Gasteiger partial charge is 0.338 e. The van der Waals surface area contributed by atoms with Gasteiger partial charge in [-0.25, -0.2) is 4.79 Å². The van der Waals surface area contributed by atoms with E-state index in [1.165, 1.54) is 6.07 Å². The number of rotatable bonds is 3. The van der Waals surface area contributed by atoms with Crippen molar-refractivity contribution in [3.63, 3.8) is 0 Å². The average Bonchev–Trinajstić information content (AvgIpc) is 2.25. The molecule has 104 valence electrons. The zero-order valence-corrected chi connectivity index (χ0v) is 12.4. The summed E-state index contributed by atoms with van der Waals surface area (Å²) in [7, 11) is 0. The van der Waals surface area contributed by atoms with E-state index >= 15 is 0 Å². The van der Waals surface area contributed by atoms with E-state index in [9.17, 15) is 9.59 Å². The van der Waals surface area contributed by atoms with Crippen LogP contribution in [-0.4, -0.2) is 17.0 Å². The highest BCUT2D eigenvalue weighted by molar-refractivity contribution is 6.39. The first-order valence-corrected chi connectivity index (χ1v) is 6.38. The van der Waals surface area contributed by atoms with Crippen LogP contribution < -0.4 is 5.32 Å². The zero-order valence-electron chi connectivity index (χ0n) is 10.9. The number of hydrogen-bond donors (Lipinski definition) is 2. The lowest BCUT2D eigenvalue weighted by Gasteiger charge is -2.18. The molecular weight excluding hydrogens is 289 g/mol. The topological polar surface area (TPSA) is 66.4 Å². The molecular formula is C13H15Cl2NO3. The minimum Gasteiger partial charge on any atom is -0.478 e. The van der Waals surface area contributed by atoms with Gasteiger partial charge >= 0.3 is 5.97 Å². The van der Waals surface area contributed by atoms with Crippen LogP contribution in [0.25, 0.3) is 0 Å². The number of carbonyl (C=O) groups excluding carboxylic acids is 1. The monoisotopic (exact) mass is 303 g/mol. The molecule has 0 aromatic heterocycles. The first-order valence-electron chi connectivity index (χ1n) is 5.63. The minimum atomic E-state index is -1.20. The fourth-order valence-electron chi connectivity index (χ4n) is 1.37. The molecule has 0 spiro atoms. The normalized spacial score (nSPS) is 11.2. The molecule has 0 atom stereocenters. The van der Waals surface area contributed by atoms with Crippen LogP contribution >= 0.6 is 23.2 Å². The number of aromatic carboxylic acids is 1. The van der Waals surface area contributed by atoms with Crippen molar-refractivity contribution in [3.05, 3.63) is 33.3 Å². The van der Waals surface area contributed by atoms with E-state index in [0.29, 0.717) is 5.56 Å². The lowest BCUT2D eigenvalue weighted by molar-refractivity contribution is -0.128. The van der Waals surface area contributed by atoms with Gasteiger partial charge in [0.15, 0.2) is 0 Å². The summed E-state index contributed by atoms with van der Waals surface area (Å²) in [5.41, 5.74) is -0.152. The van der Waals surface area contributed by atoms with Crippen LogP contribution in [0.2, 0.25) is 10.0 Å². The van der Waals surface area contributed by atoms with Crippen molar-refractivity contribution < 1.29 is 14.7 Å². The van der Waals surface area contributed by atoms with Gasteiger partial charge in [0.1, 0.15) is 0 Å². The Morgan fingerprint density at radius 3 is 2.32 bits per heavy atom. The number of hydrogen-bond acceptors (Lipinski definition) is 2. The zero-order chi connectivity index (χ0) is 14.8. The number of carboxylic acid groups (broad SMARTS) is 1. The molecule has 0 saturated carbocycles. The van der Waals surface area contributed by atoms with Crippen LogP contribution in [0.5, 0.6) is 0 Å². The Hall–Kier alpha value is -1.26. The number of nitrogens with one attached hydrogen (secondary N) is 1. The van der Waals surface area contributed by atoms with Crippen LogP contribution in [0.1, 0.15) is 36.7 Å². The number of benzene rings is 1. The Kier molecular flexibility index (Phi) is 4.82. The third-order valence-corrected chi connectivity index (χ3v) is 3.25. The van der Waals surface area contributed by atoms with E-state index in [1.54, 1.807) is 26.8 Å². The number of carboxylic acids is 1. The molecule has 1 aromatic carbocycles. The van der Waals surface area contributed by atoms with Crippen molar-refractivity contribution in [1.29, 1.82) is 0 Å². The predicted molar refractivity (Wildman–Crippen MR) is 74.7 cm³/mol. The maximum absolute atomic E-state index is 11.7. The molecule has 4 nitrogen and oxygen atoms in total. The van der Waals surface area contributed by atoms with Crippen molar-refractivity contribution in [2.24, 2.45) is 5.41 Å². The van der Waals surface area contributed by atoms with Gasteiger partial charge in [-0.15, -0.1) is 0 Å². The van der Waals surface area contributed by atoms with E-state index in [-0.39, 0.29) is 28.1 Å². The summed E-state index contributed by atoms with van der Waals surface area (Å²) in [4.78, 5) is 22.8. The molecule has 1 rings (SSSR count). The van der Waals surface area contributed by atoms with Crippen LogP contribution in [0.15, 0.2) is 12.1 Å². The first kappa shape index (κ1) is 15.8. The van der Waals surface area contributed by atoms with Crippen LogP contribution in [0, 0.1) is 5.41 Å². The van der Waals surface area contributed by atoms with Gasteiger partial charge < -0.3 is 10.4 Å². The Morgan fingerprint density at radius 2 is 1.84 bits per heavy atom. The lowest BCUT2D eigenvalue weighted by Crippen LogP contribution is -2.34. The number of amides is 1. The second-order valence-electron chi connectivity index (χ2n) is 5.13.